The van der Waals surface area contributed by atoms with E-state index in [1.165, 1.54) is 16.0 Å². The van der Waals surface area contributed by atoms with Crippen LogP contribution in [0.2, 0.25) is 0 Å². The molecule has 1 saturated heterocycles. The highest BCUT2D eigenvalue weighted by Gasteiger charge is 2.38. The van der Waals surface area contributed by atoms with Gasteiger partial charge in [0.2, 0.25) is 0 Å². The zero-order chi connectivity index (χ0) is 17.7. The van der Waals surface area contributed by atoms with Crippen molar-refractivity contribution in [2.24, 2.45) is 0 Å². The highest BCUT2D eigenvalue weighted by molar-refractivity contribution is 5.32. The van der Waals surface area contributed by atoms with Crippen molar-refractivity contribution in [3.05, 3.63) is 71.3 Å². The van der Waals surface area contributed by atoms with Crippen molar-refractivity contribution in [3.63, 3.8) is 0 Å². The molecule has 0 bridgehead atoms. The third kappa shape index (κ3) is 4.30. The highest BCUT2D eigenvalue weighted by Crippen LogP contribution is 2.36. The molecule has 2 N–H and O–H groups in total. The molecule has 3 heteroatoms. The summed E-state index contributed by atoms with van der Waals surface area (Å²) in [7, 11) is 0. The summed E-state index contributed by atoms with van der Waals surface area (Å²) in [4.78, 5) is 1.51. The van der Waals surface area contributed by atoms with Gasteiger partial charge >= 0.3 is 0 Å². The summed E-state index contributed by atoms with van der Waals surface area (Å²) in [6.07, 6.45) is 1.02. The SMILES string of the molecule is CCc1ccc(C(C)(O)C(C[NH+]2CCOCC2)c2ccccc2)cc1. The summed E-state index contributed by atoms with van der Waals surface area (Å²) in [5.41, 5.74) is 2.59. The number of nitrogens with one attached hydrogen (secondary N) is 1. The number of hydrogen-bond acceptors (Lipinski definition) is 2. The number of quaternary nitrogens is 1. The van der Waals surface area contributed by atoms with Crippen molar-refractivity contribution in [1.29, 1.82) is 0 Å². The summed E-state index contributed by atoms with van der Waals surface area (Å²) in [5.74, 6) is 0.0503. The molecule has 0 amide bonds. The van der Waals surface area contributed by atoms with E-state index in [9.17, 15) is 5.11 Å². The Morgan fingerprint density at radius 3 is 2.28 bits per heavy atom. The molecule has 1 aliphatic rings. The first kappa shape index (κ1) is 18.1. The number of hydrogen-bond donors (Lipinski definition) is 2. The Hall–Kier alpha value is -1.68. The molecule has 1 heterocycles. The van der Waals surface area contributed by atoms with Gasteiger partial charge in [0.25, 0.3) is 0 Å². The molecule has 3 nitrogen and oxygen atoms in total. The van der Waals surface area contributed by atoms with Crippen molar-refractivity contribution in [1.82, 2.24) is 0 Å². The molecule has 25 heavy (non-hydrogen) atoms. The zero-order valence-electron chi connectivity index (χ0n) is 15.4. The van der Waals surface area contributed by atoms with Crippen LogP contribution in [0.3, 0.4) is 0 Å². The second-order valence-electron chi connectivity index (χ2n) is 7.23. The van der Waals surface area contributed by atoms with E-state index in [0.29, 0.717) is 0 Å². The van der Waals surface area contributed by atoms with Gasteiger partial charge in [-0.3, -0.25) is 0 Å². The van der Waals surface area contributed by atoms with E-state index in [4.69, 9.17) is 4.74 Å². The van der Waals surface area contributed by atoms with Gasteiger partial charge in [-0.25, -0.2) is 0 Å². The molecule has 2 atom stereocenters. The summed E-state index contributed by atoms with van der Waals surface area (Å²) in [6.45, 7) is 8.67. The number of aryl methyl sites for hydroxylation is 1. The quantitative estimate of drug-likeness (QED) is 0.845. The van der Waals surface area contributed by atoms with Crippen LogP contribution in [-0.2, 0) is 16.8 Å². The van der Waals surface area contributed by atoms with Gasteiger partial charge in [-0.05, 0) is 30.0 Å². The van der Waals surface area contributed by atoms with Gasteiger partial charge in [-0.15, -0.1) is 0 Å². The van der Waals surface area contributed by atoms with E-state index < -0.39 is 5.60 Å². The molecule has 2 unspecified atom stereocenters. The van der Waals surface area contributed by atoms with E-state index >= 15 is 0 Å². The van der Waals surface area contributed by atoms with Gasteiger partial charge in [-0.1, -0.05) is 61.5 Å². The van der Waals surface area contributed by atoms with Crippen LogP contribution >= 0.6 is 0 Å². The zero-order valence-corrected chi connectivity index (χ0v) is 15.4. The topological polar surface area (TPSA) is 33.9 Å². The van der Waals surface area contributed by atoms with Crippen molar-refractivity contribution in [3.8, 4) is 0 Å². The molecule has 0 radical (unpaired) electrons. The minimum absolute atomic E-state index is 0.0503. The van der Waals surface area contributed by atoms with Gasteiger partial charge < -0.3 is 14.7 Å². The summed E-state index contributed by atoms with van der Waals surface area (Å²) < 4.78 is 5.50. The minimum atomic E-state index is -0.904. The van der Waals surface area contributed by atoms with E-state index in [0.717, 1.165) is 44.8 Å². The highest BCUT2D eigenvalue weighted by atomic mass is 16.5. The number of benzene rings is 2. The predicted octanol–water partition coefficient (Wildman–Crippen LogP) is 2.16. The normalized spacial score (nSPS) is 19.3. The molecule has 2 aromatic carbocycles. The van der Waals surface area contributed by atoms with E-state index in [1.54, 1.807) is 0 Å². The lowest BCUT2D eigenvalue weighted by atomic mass is 9.78. The summed E-state index contributed by atoms with van der Waals surface area (Å²) in [5, 5.41) is 11.5. The molecular formula is C22H30NO2+. The van der Waals surface area contributed by atoms with Crippen molar-refractivity contribution < 1.29 is 14.7 Å². The summed E-state index contributed by atoms with van der Waals surface area (Å²) >= 11 is 0. The fraction of sp³-hybridized carbons (Fsp3) is 0.455. The Labute approximate surface area is 151 Å². The number of rotatable bonds is 6. The smallest absolute Gasteiger partial charge is 0.101 e. The van der Waals surface area contributed by atoms with Crippen LogP contribution in [0.1, 0.15) is 36.5 Å². The second kappa shape index (κ2) is 8.13. The molecule has 0 aromatic heterocycles. The molecule has 134 valence electrons. The predicted molar refractivity (Wildman–Crippen MR) is 101 cm³/mol. The molecule has 2 aromatic rings. The van der Waals surface area contributed by atoms with Crippen molar-refractivity contribution in [2.75, 3.05) is 32.8 Å². The lowest BCUT2D eigenvalue weighted by Crippen LogP contribution is -3.14. The monoisotopic (exact) mass is 340 g/mol. The maximum Gasteiger partial charge on any atom is 0.101 e. The molecule has 1 fully saturated rings. The van der Waals surface area contributed by atoms with Crippen LogP contribution in [0, 0.1) is 0 Å². The number of aliphatic hydroxyl groups is 1. The average molecular weight is 340 g/mol. The van der Waals surface area contributed by atoms with Crippen LogP contribution < -0.4 is 4.90 Å². The molecule has 0 spiro atoms. The fourth-order valence-corrected chi connectivity index (χ4v) is 3.76. The van der Waals surface area contributed by atoms with Gasteiger partial charge in [0.15, 0.2) is 0 Å². The minimum Gasteiger partial charge on any atom is -0.385 e. The standard InChI is InChI=1S/C22H29NO2/c1-3-18-9-11-20(12-10-18)22(2,24)21(19-7-5-4-6-8-19)17-23-13-15-25-16-14-23/h4-12,21,24H,3,13-17H2,1-2H3/p+1. The number of ether oxygens (including phenoxy) is 1. The largest absolute Gasteiger partial charge is 0.385 e. The first-order valence-corrected chi connectivity index (χ1v) is 9.39. The Bertz CT molecular complexity index is 645. The van der Waals surface area contributed by atoms with E-state index in [1.807, 2.05) is 13.0 Å². The third-order valence-corrected chi connectivity index (χ3v) is 5.52. The maximum absolute atomic E-state index is 11.5. The molecular weight excluding hydrogens is 310 g/mol. The lowest BCUT2D eigenvalue weighted by Gasteiger charge is -2.36. The van der Waals surface area contributed by atoms with Gasteiger partial charge in [0, 0.05) is 0 Å². The molecule has 0 saturated carbocycles. The first-order chi connectivity index (χ1) is 12.1. The second-order valence-corrected chi connectivity index (χ2v) is 7.23. The molecule has 3 rings (SSSR count). The Morgan fingerprint density at radius 2 is 1.68 bits per heavy atom. The first-order valence-electron chi connectivity index (χ1n) is 9.39. The van der Waals surface area contributed by atoms with Crippen LogP contribution in [-0.4, -0.2) is 38.0 Å². The summed E-state index contributed by atoms with van der Waals surface area (Å²) in [6, 6.07) is 18.9. The van der Waals surface area contributed by atoms with Gasteiger partial charge in [0.1, 0.15) is 13.1 Å². The van der Waals surface area contributed by atoms with Crippen molar-refractivity contribution in [2.45, 2.75) is 31.8 Å². The fourth-order valence-electron chi connectivity index (χ4n) is 3.76. The molecule has 0 aliphatic carbocycles. The Balaban J connectivity index is 1.90. The van der Waals surface area contributed by atoms with Gasteiger partial charge in [0.05, 0.1) is 31.3 Å². The van der Waals surface area contributed by atoms with E-state index in [2.05, 4.69) is 55.5 Å². The lowest BCUT2D eigenvalue weighted by molar-refractivity contribution is -0.910. The van der Waals surface area contributed by atoms with Crippen molar-refractivity contribution >= 4 is 0 Å². The average Bonchev–Trinajstić information content (AvgIpc) is 2.67. The van der Waals surface area contributed by atoms with Crippen LogP contribution in [0.5, 0.6) is 0 Å². The third-order valence-electron chi connectivity index (χ3n) is 5.52. The van der Waals surface area contributed by atoms with Crippen LogP contribution in [0.4, 0.5) is 0 Å². The number of morpholine rings is 1. The van der Waals surface area contributed by atoms with Gasteiger partial charge in [-0.2, -0.15) is 0 Å². The Morgan fingerprint density at radius 1 is 1.04 bits per heavy atom. The maximum atomic E-state index is 11.5. The Kier molecular flexibility index (Phi) is 5.89. The van der Waals surface area contributed by atoms with Crippen LogP contribution in [0.25, 0.3) is 0 Å². The molecule has 1 aliphatic heterocycles. The van der Waals surface area contributed by atoms with Crippen LogP contribution in [0.15, 0.2) is 54.6 Å². The van der Waals surface area contributed by atoms with E-state index in [-0.39, 0.29) is 5.92 Å².